The molecule has 1 unspecified atom stereocenters. The largest absolute Gasteiger partial charge is 0.339 e. The van der Waals surface area contributed by atoms with Crippen LogP contribution in [-0.2, 0) is 4.79 Å². The molecule has 80 valence electrons. The van der Waals surface area contributed by atoms with Gasteiger partial charge in [-0.05, 0) is 24.7 Å². The maximum atomic E-state index is 12.1. The molecule has 2 nitrogen and oxygen atoms in total. The number of hydrogen-bond donors (Lipinski definition) is 0. The molecule has 3 heteroatoms. The van der Waals surface area contributed by atoms with Gasteiger partial charge < -0.3 is 4.90 Å². The van der Waals surface area contributed by atoms with Crippen LogP contribution in [0.3, 0.4) is 0 Å². The Kier molecular flexibility index (Phi) is 2.63. The van der Waals surface area contributed by atoms with E-state index in [1.807, 2.05) is 0 Å². The van der Waals surface area contributed by atoms with Gasteiger partial charge in [-0.1, -0.05) is 29.8 Å². The summed E-state index contributed by atoms with van der Waals surface area (Å²) < 4.78 is 0. The predicted octanol–water partition coefficient (Wildman–Crippen LogP) is 2.42. The van der Waals surface area contributed by atoms with Crippen LogP contribution in [0.15, 0.2) is 0 Å². The molecule has 0 saturated heterocycles. The lowest BCUT2D eigenvalue weighted by Gasteiger charge is -2.22. The van der Waals surface area contributed by atoms with Crippen molar-refractivity contribution in [1.29, 1.82) is 0 Å². The highest BCUT2D eigenvalue weighted by molar-refractivity contribution is 9.09. The summed E-state index contributed by atoms with van der Waals surface area (Å²) in [6, 6.07) is 0.566. The summed E-state index contributed by atoms with van der Waals surface area (Å²) in [6.45, 7) is 5.26. The first kappa shape index (κ1) is 10.5. The van der Waals surface area contributed by atoms with E-state index >= 15 is 0 Å². The van der Waals surface area contributed by atoms with Gasteiger partial charge in [0, 0.05) is 23.8 Å². The Morgan fingerprint density at radius 1 is 1.50 bits per heavy atom. The summed E-state index contributed by atoms with van der Waals surface area (Å²) in [4.78, 5) is 14.2. The Hall–Kier alpha value is -0.0500. The number of carbonyl (C=O) groups is 1. The Morgan fingerprint density at radius 2 is 2.07 bits per heavy atom. The molecule has 0 N–H and O–H groups in total. The van der Waals surface area contributed by atoms with Crippen LogP contribution in [-0.4, -0.2) is 28.7 Å². The normalized spacial score (nSPS) is 28.6. The SMILES string of the molecule is CC1(C)CC1C(=O)N(CCBr)C1CC1. The van der Waals surface area contributed by atoms with Gasteiger partial charge in [0.05, 0.1) is 0 Å². The van der Waals surface area contributed by atoms with E-state index in [0.717, 1.165) is 18.3 Å². The van der Waals surface area contributed by atoms with Gasteiger partial charge in [-0.3, -0.25) is 4.79 Å². The average molecular weight is 260 g/mol. The van der Waals surface area contributed by atoms with Crippen molar-refractivity contribution in [2.75, 3.05) is 11.9 Å². The molecule has 0 radical (unpaired) electrons. The van der Waals surface area contributed by atoms with Crippen LogP contribution in [0.5, 0.6) is 0 Å². The third-order valence-electron chi connectivity index (χ3n) is 3.41. The summed E-state index contributed by atoms with van der Waals surface area (Å²) in [6.07, 6.45) is 3.51. The van der Waals surface area contributed by atoms with Gasteiger partial charge in [-0.2, -0.15) is 0 Å². The van der Waals surface area contributed by atoms with Crippen LogP contribution in [0.25, 0.3) is 0 Å². The highest BCUT2D eigenvalue weighted by Gasteiger charge is 2.53. The fraction of sp³-hybridized carbons (Fsp3) is 0.909. The van der Waals surface area contributed by atoms with Crippen LogP contribution >= 0.6 is 15.9 Å². The Bertz CT molecular complexity index is 248. The van der Waals surface area contributed by atoms with Crippen molar-refractivity contribution in [1.82, 2.24) is 4.90 Å². The summed E-state index contributed by atoms with van der Waals surface area (Å²) in [5.74, 6) is 0.708. The molecule has 0 aromatic carbocycles. The minimum absolute atomic E-state index is 0.274. The zero-order chi connectivity index (χ0) is 10.3. The Balaban J connectivity index is 1.94. The molecule has 0 heterocycles. The van der Waals surface area contributed by atoms with Crippen molar-refractivity contribution in [3.63, 3.8) is 0 Å². The second-order valence-corrected chi connectivity index (χ2v) is 5.99. The number of carbonyl (C=O) groups excluding carboxylic acids is 1. The quantitative estimate of drug-likeness (QED) is 0.711. The van der Waals surface area contributed by atoms with Crippen LogP contribution in [0.1, 0.15) is 33.1 Å². The first-order chi connectivity index (χ1) is 6.56. The Labute approximate surface area is 94.2 Å². The molecule has 2 aliphatic rings. The third kappa shape index (κ3) is 1.97. The molecule has 1 atom stereocenters. The van der Waals surface area contributed by atoms with Crippen molar-refractivity contribution in [2.24, 2.45) is 11.3 Å². The molecule has 2 saturated carbocycles. The van der Waals surface area contributed by atoms with E-state index in [4.69, 9.17) is 0 Å². The predicted molar refractivity (Wildman–Crippen MR) is 60.4 cm³/mol. The summed E-state index contributed by atoms with van der Waals surface area (Å²) in [7, 11) is 0. The highest BCUT2D eigenvalue weighted by atomic mass is 79.9. The van der Waals surface area contributed by atoms with Crippen molar-refractivity contribution in [2.45, 2.75) is 39.2 Å². The van der Waals surface area contributed by atoms with Crippen LogP contribution < -0.4 is 0 Å². The van der Waals surface area contributed by atoms with Gasteiger partial charge in [0.25, 0.3) is 0 Å². The minimum Gasteiger partial charge on any atom is -0.339 e. The lowest BCUT2D eigenvalue weighted by Crippen LogP contribution is -2.36. The van der Waals surface area contributed by atoms with E-state index in [1.54, 1.807) is 0 Å². The number of amides is 1. The molecule has 0 aromatic rings. The fourth-order valence-electron chi connectivity index (χ4n) is 2.04. The molecule has 2 aliphatic carbocycles. The minimum atomic E-state index is 0.274. The third-order valence-corrected chi connectivity index (χ3v) is 3.76. The van der Waals surface area contributed by atoms with Gasteiger partial charge in [0.2, 0.25) is 5.91 Å². The molecule has 0 aliphatic heterocycles. The van der Waals surface area contributed by atoms with Crippen molar-refractivity contribution in [3.05, 3.63) is 0 Å². The molecule has 0 spiro atoms. The molecule has 2 rings (SSSR count). The van der Waals surface area contributed by atoms with Crippen LogP contribution in [0.2, 0.25) is 0 Å². The van der Waals surface area contributed by atoms with Gasteiger partial charge in [0.15, 0.2) is 0 Å². The molecule has 14 heavy (non-hydrogen) atoms. The molecular weight excluding hydrogens is 242 g/mol. The second kappa shape index (κ2) is 3.51. The zero-order valence-corrected chi connectivity index (χ0v) is 10.5. The maximum Gasteiger partial charge on any atom is 0.226 e. The van der Waals surface area contributed by atoms with Gasteiger partial charge in [-0.25, -0.2) is 0 Å². The monoisotopic (exact) mass is 259 g/mol. The highest BCUT2D eigenvalue weighted by Crippen LogP contribution is 2.53. The van der Waals surface area contributed by atoms with Crippen molar-refractivity contribution in [3.8, 4) is 0 Å². The van der Waals surface area contributed by atoms with Gasteiger partial charge >= 0.3 is 0 Å². The molecule has 1 amide bonds. The van der Waals surface area contributed by atoms with Crippen LogP contribution in [0.4, 0.5) is 0 Å². The van der Waals surface area contributed by atoms with E-state index in [0.29, 0.717) is 17.9 Å². The van der Waals surface area contributed by atoms with E-state index < -0.39 is 0 Å². The summed E-state index contributed by atoms with van der Waals surface area (Å²) in [5, 5.41) is 0.905. The summed E-state index contributed by atoms with van der Waals surface area (Å²) in [5.41, 5.74) is 0.274. The fourth-order valence-corrected chi connectivity index (χ4v) is 2.42. The van der Waals surface area contributed by atoms with E-state index in [2.05, 4.69) is 34.7 Å². The molecule has 0 bridgehead atoms. The molecule has 0 aromatic heterocycles. The first-order valence-electron chi connectivity index (χ1n) is 5.43. The standard InChI is InChI=1S/C11H18BrNO/c1-11(2)7-9(11)10(14)13(6-5-12)8-3-4-8/h8-9H,3-7H2,1-2H3. The summed E-state index contributed by atoms with van der Waals surface area (Å²) >= 11 is 3.42. The van der Waals surface area contributed by atoms with Gasteiger partial charge in [0.1, 0.15) is 0 Å². The number of nitrogens with zero attached hydrogens (tertiary/aromatic N) is 1. The average Bonchev–Trinajstić information content (AvgIpc) is 2.97. The second-order valence-electron chi connectivity index (χ2n) is 5.20. The van der Waals surface area contributed by atoms with Crippen molar-refractivity contribution >= 4 is 21.8 Å². The first-order valence-corrected chi connectivity index (χ1v) is 6.55. The zero-order valence-electron chi connectivity index (χ0n) is 8.92. The molecule has 2 fully saturated rings. The van der Waals surface area contributed by atoms with Crippen molar-refractivity contribution < 1.29 is 4.79 Å². The number of halogens is 1. The number of alkyl halides is 1. The van der Waals surface area contributed by atoms with Gasteiger partial charge in [-0.15, -0.1) is 0 Å². The van der Waals surface area contributed by atoms with E-state index in [1.165, 1.54) is 12.8 Å². The smallest absolute Gasteiger partial charge is 0.226 e. The lowest BCUT2D eigenvalue weighted by molar-refractivity contribution is -0.133. The topological polar surface area (TPSA) is 20.3 Å². The van der Waals surface area contributed by atoms with E-state index in [-0.39, 0.29) is 5.41 Å². The lowest BCUT2D eigenvalue weighted by atomic mass is 10.1. The van der Waals surface area contributed by atoms with E-state index in [9.17, 15) is 4.79 Å². The molecular formula is C11H18BrNO. The van der Waals surface area contributed by atoms with Crippen LogP contribution in [0, 0.1) is 11.3 Å². The Morgan fingerprint density at radius 3 is 2.43 bits per heavy atom. The number of hydrogen-bond acceptors (Lipinski definition) is 1. The maximum absolute atomic E-state index is 12.1. The number of rotatable bonds is 4.